The minimum absolute atomic E-state index is 0.119. The molecule has 27 heavy (non-hydrogen) atoms. The summed E-state index contributed by atoms with van der Waals surface area (Å²) >= 11 is 0. The topological polar surface area (TPSA) is 98.8 Å². The van der Waals surface area contributed by atoms with E-state index in [9.17, 15) is 19.2 Å². The fraction of sp³-hybridized carbons (Fsp3) is 0.474. The quantitative estimate of drug-likeness (QED) is 0.742. The van der Waals surface area contributed by atoms with Gasteiger partial charge in [0.1, 0.15) is 6.04 Å². The van der Waals surface area contributed by atoms with Crippen molar-refractivity contribution in [1.29, 1.82) is 0 Å². The van der Waals surface area contributed by atoms with Gasteiger partial charge in [-0.25, -0.2) is 0 Å². The molecular formula is C19H22N4O4. The first kappa shape index (κ1) is 17.7. The maximum absolute atomic E-state index is 13.1. The van der Waals surface area contributed by atoms with E-state index in [2.05, 4.69) is 15.5 Å². The lowest BCUT2D eigenvalue weighted by molar-refractivity contribution is -0.136. The Hall–Kier alpha value is -2.74. The summed E-state index contributed by atoms with van der Waals surface area (Å²) in [6.07, 6.45) is 2.20. The Morgan fingerprint density at radius 1 is 1.04 bits per heavy atom. The molecule has 4 amide bonds. The maximum atomic E-state index is 13.1. The van der Waals surface area contributed by atoms with Crippen LogP contribution in [0.3, 0.4) is 0 Å². The molecule has 0 saturated carbocycles. The number of carbonyl (C=O) groups is 4. The second-order valence-corrected chi connectivity index (χ2v) is 7.20. The normalized spacial score (nSPS) is 23.7. The number of rotatable bonds is 3. The largest absolute Gasteiger partial charge is 0.371 e. The fourth-order valence-corrected chi connectivity index (χ4v) is 4.17. The molecule has 1 aromatic carbocycles. The molecule has 2 N–H and O–H groups in total. The molecule has 0 spiro atoms. The number of benzene rings is 1. The van der Waals surface area contributed by atoms with Gasteiger partial charge in [-0.15, -0.1) is 0 Å². The number of fused-ring (bicyclic) bond motifs is 1. The molecule has 1 unspecified atom stereocenters. The fourth-order valence-electron chi connectivity index (χ4n) is 4.17. The van der Waals surface area contributed by atoms with Crippen LogP contribution in [0.15, 0.2) is 18.2 Å². The van der Waals surface area contributed by atoms with E-state index in [1.807, 2.05) is 13.1 Å². The van der Waals surface area contributed by atoms with Crippen LogP contribution in [0.5, 0.6) is 0 Å². The van der Waals surface area contributed by atoms with Crippen molar-refractivity contribution in [2.75, 3.05) is 25.0 Å². The number of anilines is 1. The summed E-state index contributed by atoms with van der Waals surface area (Å²) in [7, 11) is 1.95. The molecule has 0 bridgehead atoms. The van der Waals surface area contributed by atoms with E-state index in [1.165, 1.54) is 0 Å². The van der Waals surface area contributed by atoms with Crippen molar-refractivity contribution in [3.8, 4) is 0 Å². The average molecular weight is 370 g/mol. The maximum Gasteiger partial charge on any atom is 0.264 e. The van der Waals surface area contributed by atoms with Crippen LogP contribution in [0, 0.1) is 0 Å². The molecule has 1 aromatic rings. The van der Waals surface area contributed by atoms with Crippen LogP contribution in [-0.2, 0) is 9.59 Å². The Morgan fingerprint density at radius 3 is 2.44 bits per heavy atom. The van der Waals surface area contributed by atoms with E-state index in [0.717, 1.165) is 36.5 Å². The number of hydrogen-bond acceptors (Lipinski definition) is 6. The van der Waals surface area contributed by atoms with Crippen LogP contribution in [0.2, 0.25) is 0 Å². The number of piperidine rings is 2. The Morgan fingerprint density at radius 2 is 1.78 bits per heavy atom. The predicted molar refractivity (Wildman–Crippen MR) is 97.4 cm³/mol. The SMILES string of the molecule is CNC1CCN(c2cccc3c2C(=O)N(C2CCC(=O)NC2=O)C3=O)CC1. The number of nitrogens with zero attached hydrogens (tertiary/aromatic N) is 2. The highest BCUT2D eigenvalue weighted by Gasteiger charge is 2.46. The number of hydrogen-bond donors (Lipinski definition) is 2. The third kappa shape index (κ3) is 2.90. The summed E-state index contributed by atoms with van der Waals surface area (Å²) in [6.45, 7) is 1.59. The zero-order valence-electron chi connectivity index (χ0n) is 15.2. The average Bonchev–Trinajstić information content (AvgIpc) is 2.93. The predicted octanol–water partition coefficient (Wildman–Crippen LogP) is 0.276. The van der Waals surface area contributed by atoms with Gasteiger partial charge in [-0.1, -0.05) is 6.07 Å². The summed E-state index contributed by atoms with van der Waals surface area (Å²) in [5, 5.41) is 5.50. The van der Waals surface area contributed by atoms with Gasteiger partial charge in [0.05, 0.1) is 16.8 Å². The van der Waals surface area contributed by atoms with Crippen LogP contribution < -0.4 is 15.5 Å². The molecule has 3 aliphatic rings. The molecule has 4 rings (SSSR count). The lowest BCUT2D eigenvalue weighted by atomic mass is 10.0. The number of imide groups is 2. The monoisotopic (exact) mass is 370 g/mol. The molecule has 0 radical (unpaired) electrons. The van der Waals surface area contributed by atoms with Crippen molar-refractivity contribution in [1.82, 2.24) is 15.5 Å². The van der Waals surface area contributed by atoms with Crippen molar-refractivity contribution in [2.45, 2.75) is 37.8 Å². The number of amides is 4. The van der Waals surface area contributed by atoms with Crippen LogP contribution in [0.1, 0.15) is 46.4 Å². The summed E-state index contributed by atoms with van der Waals surface area (Å²) in [5.41, 5.74) is 1.45. The van der Waals surface area contributed by atoms with Gasteiger partial charge in [0.2, 0.25) is 11.8 Å². The first-order valence-electron chi connectivity index (χ1n) is 9.28. The molecule has 8 nitrogen and oxygen atoms in total. The molecule has 1 atom stereocenters. The third-order valence-corrected chi connectivity index (χ3v) is 5.69. The number of nitrogens with one attached hydrogen (secondary N) is 2. The molecule has 0 aliphatic carbocycles. The zero-order chi connectivity index (χ0) is 19.1. The van der Waals surface area contributed by atoms with Crippen LogP contribution >= 0.6 is 0 Å². The zero-order valence-corrected chi connectivity index (χ0v) is 15.2. The molecule has 2 fully saturated rings. The minimum atomic E-state index is -0.932. The van der Waals surface area contributed by atoms with Crippen LogP contribution in [0.4, 0.5) is 5.69 Å². The second-order valence-electron chi connectivity index (χ2n) is 7.20. The number of carbonyl (C=O) groups excluding carboxylic acids is 4. The van der Waals surface area contributed by atoms with Gasteiger partial charge in [0.15, 0.2) is 0 Å². The summed E-state index contributed by atoms with van der Waals surface area (Å²) in [5.74, 6) is -1.87. The first-order chi connectivity index (χ1) is 13.0. The summed E-state index contributed by atoms with van der Waals surface area (Å²) < 4.78 is 0. The van der Waals surface area contributed by atoms with Gasteiger partial charge < -0.3 is 10.2 Å². The highest BCUT2D eigenvalue weighted by Crippen LogP contribution is 2.35. The standard InChI is InChI=1S/C19H22N4O4/c1-20-11-7-9-22(10-8-11)13-4-2-3-12-16(13)19(27)23(18(12)26)14-5-6-15(24)21-17(14)25/h2-4,11,14,20H,5-10H2,1H3,(H,21,24,25). The molecule has 8 heteroatoms. The Bertz CT molecular complexity index is 829. The molecule has 2 saturated heterocycles. The highest BCUT2D eigenvalue weighted by molar-refractivity contribution is 6.25. The molecule has 0 aromatic heterocycles. The van der Waals surface area contributed by atoms with E-state index in [4.69, 9.17) is 0 Å². The van der Waals surface area contributed by atoms with Crippen molar-refractivity contribution in [3.05, 3.63) is 29.3 Å². The summed E-state index contributed by atoms with van der Waals surface area (Å²) in [6, 6.07) is 4.79. The van der Waals surface area contributed by atoms with Crippen molar-refractivity contribution < 1.29 is 19.2 Å². The van der Waals surface area contributed by atoms with E-state index in [-0.39, 0.29) is 18.7 Å². The molecule has 142 valence electrons. The molecular weight excluding hydrogens is 348 g/mol. The minimum Gasteiger partial charge on any atom is -0.371 e. The van der Waals surface area contributed by atoms with Crippen LogP contribution in [-0.4, -0.2) is 60.7 Å². The van der Waals surface area contributed by atoms with E-state index >= 15 is 0 Å². The van der Waals surface area contributed by atoms with Gasteiger partial charge in [-0.3, -0.25) is 29.4 Å². The van der Waals surface area contributed by atoms with Gasteiger partial charge in [-0.05, 0) is 38.4 Å². The highest BCUT2D eigenvalue weighted by atomic mass is 16.2. The van der Waals surface area contributed by atoms with E-state index in [0.29, 0.717) is 17.2 Å². The summed E-state index contributed by atoms with van der Waals surface area (Å²) in [4.78, 5) is 52.7. The van der Waals surface area contributed by atoms with E-state index in [1.54, 1.807) is 12.1 Å². The van der Waals surface area contributed by atoms with Gasteiger partial charge in [-0.2, -0.15) is 0 Å². The smallest absolute Gasteiger partial charge is 0.264 e. The van der Waals surface area contributed by atoms with Gasteiger partial charge >= 0.3 is 0 Å². The van der Waals surface area contributed by atoms with Gasteiger partial charge in [0, 0.05) is 25.6 Å². The Labute approximate surface area is 156 Å². The van der Waals surface area contributed by atoms with E-state index < -0.39 is 23.8 Å². The Balaban J connectivity index is 1.64. The Kier molecular flexibility index (Phi) is 4.43. The third-order valence-electron chi connectivity index (χ3n) is 5.69. The second kappa shape index (κ2) is 6.77. The van der Waals surface area contributed by atoms with Crippen molar-refractivity contribution >= 4 is 29.3 Å². The lowest BCUT2D eigenvalue weighted by Gasteiger charge is -2.34. The van der Waals surface area contributed by atoms with Crippen molar-refractivity contribution in [3.63, 3.8) is 0 Å². The molecule has 3 aliphatic heterocycles. The van der Waals surface area contributed by atoms with Crippen LogP contribution in [0.25, 0.3) is 0 Å². The van der Waals surface area contributed by atoms with Crippen molar-refractivity contribution in [2.24, 2.45) is 0 Å². The van der Waals surface area contributed by atoms with Gasteiger partial charge in [0.25, 0.3) is 11.8 Å². The molecule has 3 heterocycles. The lowest BCUT2D eigenvalue weighted by Crippen LogP contribution is -2.54. The first-order valence-corrected chi connectivity index (χ1v) is 9.28.